The molecule has 0 radical (unpaired) electrons. The van der Waals surface area contributed by atoms with Gasteiger partial charge in [-0.2, -0.15) is 0 Å². The molecule has 3 rings (SSSR count). The van der Waals surface area contributed by atoms with Gasteiger partial charge in [-0.1, -0.05) is 6.07 Å². The molecule has 2 unspecified atom stereocenters. The number of likely N-dealkylation sites (tertiary alicyclic amines) is 1. The number of nitrogens with one attached hydrogen (secondary N) is 1. The zero-order valence-electron chi connectivity index (χ0n) is 15.6. The maximum Gasteiger partial charge on any atom is 0.213 e. The number of hydrogen-bond acceptors (Lipinski definition) is 5. The zero-order chi connectivity index (χ0) is 17.6. The van der Waals surface area contributed by atoms with Gasteiger partial charge in [-0.15, -0.1) is 0 Å². The molecule has 138 valence electrons. The first-order chi connectivity index (χ1) is 12.2. The molecule has 2 aliphatic rings. The van der Waals surface area contributed by atoms with Crippen LogP contribution in [0.2, 0.25) is 0 Å². The Morgan fingerprint density at radius 2 is 2.16 bits per heavy atom. The van der Waals surface area contributed by atoms with Crippen LogP contribution < -0.4 is 10.1 Å². The Morgan fingerprint density at radius 1 is 1.28 bits per heavy atom. The van der Waals surface area contributed by atoms with Crippen molar-refractivity contribution in [1.82, 2.24) is 25.0 Å². The van der Waals surface area contributed by atoms with E-state index >= 15 is 0 Å². The minimum atomic E-state index is 0.164. The summed E-state index contributed by atoms with van der Waals surface area (Å²) < 4.78 is 5.98. The summed E-state index contributed by atoms with van der Waals surface area (Å²) in [6.07, 6.45) is 2.92. The summed E-state index contributed by atoms with van der Waals surface area (Å²) in [6.45, 7) is 6.06. The van der Waals surface area contributed by atoms with Crippen molar-refractivity contribution in [1.29, 1.82) is 0 Å². The molecule has 1 aromatic rings. The third-order valence-corrected chi connectivity index (χ3v) is 5.06. The molecule has 0 bridgehead atoms. The topological polar surface area (TPSA) is 56.2 Å². The van der Waals surface area contributed by atoms with Crippen LogP contribution in [0.4, 0.5) is 0 Å². The first-order valence-corrected chi connectivity index (χ1v) is 9.08. The van der Waals surface area contributed by atoms with E-state index in [-0.39, 0.29) is 6.10 Å². The molecule has 2 saturated heterocycles. The van der Waals surface area contributed by atoms with Crippen molar-refractivity contribution in [3.05, 3.63) is 24.4 Å². The van der Waals surface area contributed by atoms with Gasteiger partial charge in [0.2, 0.25) is 5.88 Å². The van der Waals surface area contributed by atoms with Crippen LogP contribution in [-0.4, -0.2) is 98.2 Å². The lowest BCUT2D eigenvalue weighted by molar-refractivity contribution is 0.116. The van der Waals surface area contributed by atoms with Crippen LogP contribution in [0, 0.1) is 0 Å². The van der Waals surface area contributed by atoms with Gasteiger partial charge < -0.3 is 19.9 Å². The smallest absolute Gasteiger partial charge is 0.213 e. The number of aromatic nitrogens is 1. The number of ether oxygens (including phenoxy) is 1. The fourth-order valence-electron chi connectivity index (χ4n) is 3.47. The molecule has 2 atom stereocenters. The first-order valence-electron chi connectivity index (χ1n) is 9.08. The van der Waals surface area contributed by atoms with Gasteiger partial charge in [0.1, 0.15) is 6.10 Å². The average Bonchev–Trinajstić information content (AvgIpc) is 3.07. The zero-order valence-corrected chi connectivity index (χ0v) is 15.6. The molecule has 2 aliphatic heterocycles. The highest BCUT2D eigenvalue weighted by Crippen LogP contribution is 2.16. The number of hydrogen-bond donors (Lipinski definition) is 1. The van der Waals surface area contributed by atoms with Crippen molar-refractivity contribution < 1.29 is 4.74 Å². The molecule has 2 fully saturated rings. The Morgan fingerprint density at radius 3 is 2.92 bits per heavy atom. The predicted molar refractivity (Wildman–Crippen MR) is 100 cm³/mol. The third-order valence-electron chi connectivity index (χ3n) is 5.06. The van der Waals surface area contributed by atoms with E-state index in [1.54, 1.807) is 6.20 Å². The van der Waals surface area contributed by atoms with Gasteiger partial charge in [-0.3, -0.25) is 9.89 Å². The van der Waals surface area contributed by atoms with E-state index in [9.17, 15) is 0 Å². The van der Waals surface area contributed by atoms with Crippen LogP contribution in [0.3, 0.4) is 0 Å². The van der Waals surface area contributed by atoms with Crippen LogP contribution in [0.5, 0.6) is 5.88 Å². The first kappa shape index (κ1) is 17.9. The second-order valence-corrected chi connectivity index (χ2v) is 6.97. The van der Waals surface area contributed by atoms with Crippen LogP contribution in [-0.2, 0) is 0 Å². The Kier molecular flexibility index (Phi) is 6.09. The molecule has 7 nitrogen and oxygen atoms in total. The molecule has 0 saturated carbocycles. The van der Waals surface area contributed by atoms with Crippen molar-refractivity contribution in [2.24, 2.45) is 4.99 Å². The second kappa shape index (κ2) is 8.49. The van der Waals surface area contributed by atoms with Crippen molar-refractivity contribution in [2.45, 2.75) is 18.6 Å². The van der Waals surface area contributed by atoms with Gasteiger partial charge in [0.05, 0.1) is 6.54 Å². The van der Waals surface area contributed by atoms with Gasteiger partial charge in [0.25, 0.3) is 0 Å². The number of rotatable bonds is 4. The molecular formula is C18H30N6O. The van der Waals surface area contributed by atoms with E-state index in [1.807, 2.05) is 25.2 Å². The maximum absolute atomic E-state index is 5.98. The van der Waals surface area contributed by atoms with Crippen molar-refractivity contribution in [3.8, 4) is 5.88 Å². The molecule has 0 amide bonds. The van der Waals surface area contributed by atoms with Crippen LogP contribution >= 0.6 is 0 Å². The summed E-state index contributed by atoms with van der Waals surface area (Å²) in [4.78, 5) is 15.8. The largest absolute Gasteiger partial charge is 0.472 e. The molecule has 0 spiro atoms. The molecule has 0 aliphatic carbocycles. The summed E-state index contributed by atoms with van der Waals surface area (Å²) in [5, 5.41) is 3.55. The number of aliphatic imine (C=N–C) groups is 1. The summed E-state index contributed by atoms with van der Waals surface area (Å²) >= 11 is 0. The number of piperazine rings is 1. The van der Waals surface area contributed by atoms with Crippen molar-refractivity contribution in [3.63, 3.8) is 0 Å². The fraction of sp³-hybridized carbons (Fsp3) is 0.667. The molecule has 25 heavy (non-hydrogen) atoms. The van der Waals surface area contributed by atoms with Gasteiger partial charge in [-0.25, -0.2) is 4.98 Å². The Bertz CT molecular complexity index is 566. The lowest BCUT2D eigenvalue weighted by Gasteiger charge is -2.38. The highest BCUT2D eigenvalue weighted by Gasteiger charge is 2.28. The molecular weight excluding hydrogens is 316 g/mol. The molecule has 0 aromatic carbocycles. The normalized spacial score (nSPS) is 26.0. The number of pyridine rings is 1. The minimum Gasteiger partial charge on any atom is -0.472 e. The monoisotopic (exact) mass is 346 g/mol. The summed E-state index contributed by atoms with van der Waals surface area (Å²) in [7, 11) is 6.25. The minimum absolute atomic E-state index is 0.164. The summed E-state index contributed by atoms with van der Waals surface area (Å²) in [5.41, 5.74) is 0. The van der Waals surface area contributed by atoms with Crippen LogP contribution in [0.25, 0.3) is 0 Å². The quantitative estimate of drug-likeness (QED) is 0.627. The Balaban J connectivity index is 1.48. The molecule has 3 heterocycles. The summed E-state index contributed by atoms with van der Waals surface area (Å²) in [6, 6.07) is 6.27. The maximum atomic E-state index is 5.98. The van der Waals surface area contributed by atoms with Crippen LogP contribution in [0.15, 0.2) is 29.4 Å². The Hall–Kier alpha value is -1.86. The molecule has 7 heteroatoms. The van der Waals surface area contributed by atoms with E-state index in [4.69, 9.17) is 4.74 Å². The summed E-state index contributed by atoms with van der Waals surface area (Å²) in [5.74, 6) is 1.66. The lowest BCUT2D eigenvalue weighted by Crippen LogP contribution is -2.55. The number of likely N-dealkylation sites (N-methyl/N-ethyl adjacent to an activating group) is 2. The van der Waals surface area contributed by atoms with Crippen molar-refractivity contribution >= 4 is 5.96 Å². The highest BCUT2D eigenvalue weighted by atomic mass is 16.5. The van der Waals surface area contributed by atoms with Gasteiger partial charge in [-0.05, 0) is 20.2 Å². The van der Waals surface area contributed by atoms with E-state index < -0.39 is 0 Å². The second-order valence-electron chi connectivity index (χ2n) is 6.97. The average molecular weight is 346 g/mol. The van der Waals surface area contributed by atoms with Crippen LogP contribution in [0.1, 0.15) is 6.42 Å². The lowest BCUT2D eigenvalue weighted by atomic mass is 10.2. The third kappa shape index (κ3) is 4.83. The predicted octanol–water partition coefficient (Wildman–Crippen LogP) is 0.356. The molecule has 1 N–H and O–H groups in total. The van der Waals surface area contributed by atoms with E-state index in [2.05, 4.69) is 44.1 Å². The number of nitrogens with zero attached hydrogens (tertiary/aromatic N) is 5. The highest BCUT2D eigenvalue weighted by molar-refractivity contribution is 5.80. The van der Waals surface area contributed by atoms with Crippen molar-refractivity contribution in [2.75, 3.05) is 60.4 Å². The number of guanidine groups is 1. The van der Waals surface area contributed by atoms with Gasteiger partial charge >= 0.3 is 0 Å². The van der Waals surface area contributed by atoms with E-state index in [1.165, 1.54) is 0 Å². The van der Waals surface area contributed by atoms with E-state index in [0.717, 1.165) is 51.6 Å². The fourth-order valence-corrected chi connectivity index (χ4v) is 3.47. The SMILES string of the molecule is CN=C(NCC1CN(C)CCN1C)N1CCC(Oc2ccccn2)C1. The van der Waals surface area contributed by atoms with E-state index in [0.29, 0.717) is 11.9 Å². The standard InChI is InChI=1S/C18H30N6O/c1-19-18(21-12-15-13-22(2)10-11-23(15)3)24-9-7-16(14-24)25-17-6-4-5-8-20-17/h4-6,8,15-16H,7,9-14H2,1-3H3,(H,19,21). The Labute approximate surface area is 150 Å². The van der Waals surface area contributed by atoms with Gasteiger partial charge in [0.15, 0.2) is 5.96 Å². The van der Waals surface area contributed by atoms with Gasteiger partial charge in [0, 0.05) is 64.5 Å². The molecule has 1 aromatic heterocycles.